The molecule has 2 aliphatic heterocycles. The number of rotatable bonds is 4. The van der Waals surface area contributed by atoms with Crippen LogP contribution in [0.15, 0.2) is 18.3 Å². The lowest BCUT2D eigenvalue weighted by atomic mass is 9.97. The number of carbonyl (C=O) groups is 2. The lowest BCUT2D eigenvalue weighted by Crippen LogP contribution is -2.47. The molecule has 2 aromatic rings. The van der Waals surface area contributed by atoms with E-state index >= 15 is 0 Å². The Morgan fingerprint density at radius 3 is 3.13 bits per heavy atom. The Bertz CT molecular complexity index is 748. The fraction of sp³-hybridized carbons (Fsp3) is 0.438. The van der Waals surface area contributed by atoms with Crippen molar-refractivity contribution in [1.82, 2.24) is 15.2 Å². The summed E-state index contributed by atoms with van der Waals surface area (Å²) >= 11 is 1.44. The standard InChI is InChI=1S/C16H18N4O2S/c21-9-18-15-4-11-6-17-13(5-14(11)23-15)16(22)19-12-3-10-1-2-20(7-10)8-12/h4-6,9-10,12H,1-3,7-8H2,(H,18,21)(H,19,22)/t10-,12-/m1/s1. The molecule has 1 unspecified atom stereocenters. The van der Waals surface area contributed by atoms with Gasteiger partial charge in [0.2, 0.25) is 6.41 Å². The molecule has 4 heterocycles. The van der Waals surface area contributed by atoms with Crippen LogP contribution in [0.3, 0.4) is 0 Å². The number of nitrogens with one attached hydrogen (secondary N) is 2. The largest absolute Gasteiger partial charge is 0.347 e. The Labute approximate surface area is 137 Å². The summed E-state index contributed by atoms with van der Waals surface area (Å²) in [6.07, 6.45) is 4.65. The third-order valence-electron chi connectivity index (χ3n) is 4.64. The number of carbonyl (C=O) groups excluding carboxylic acids is 2. The Kier molecular flexibility index (Phi) is 3.74. The minimum atomic E-state index is -0.113. The molecule has 0 saturated carbocycles. The quantitative estimate of drug-likeness (QED) is 0.837. The molecule has 7 heteroatoms. The zero-order valence-corrected chi connectivity index (χ0v) is 13.4. The number of anilines is 1. The van der Waals surface area contributed by atoms with Crippen LogP contribution in [0.1, 0.15) is 23.3 Å². The Morgan fingerprint density at radius 1 is 1.39 bits per heavy atom. The van der Waals surface area contributed by atoms with Gasteiger partial charge in [-0.05, 0) is 37.4 Å². The van der Waals surface area contributed by atoms with E-state index in [2.05, 4.69) is 20.5 Å². The molecule has 0 aromatic carbocycles. The molecule has 120 valence electrons. The summed E-state index contributed by atoms with van der Waals surface area (Å²) in [6.45, 7) is 3.28. The van der Waals surface area contributed by atoms with Crippen LogP contribution in [0.2, 0.25) is 0 Å². The normalized spacial score (nSPS) is 26.2. The maximum atomic E-state index is 12.5. The summed E-state index contributed by atoms with van der Waals surface area (Å²) < 4.78 is 0.946. The Balaban J connectivity index is 1.49. The smallest absolute Gasteiger partial charge is 0.270 e. The molecule has 2 aromatic heterocycles. The van der Waals surface area contributed by atoms with Crippen molar-refractivity contribution in [3.63, 3.8) is 0 Å². The minimum Gasteiger partial charge on any atom is -0.347 e. The number of hydrogen-bond donors (Lipinski definition) is 2. The van der Waals surface area contributed by atoms with E-state index in [1.165, 1.54) is 24.3 Å². The number of fused-ring (bicyclic) bond motifs is 3. The number of pyridine rings is 1. The first kappa shape index (κ1) is 14.6. The van der Waals surface area contributed by atoms with E-state index in [-0.39, 0.29) is 11.9 Å². The van der Waals surface area contributed by atoms with E-state index in [0.29, 0.717) is 12.1 Å². The SMILES string of the molecule is O=CNc1cc2cnc(C(=O)N[C@@H]3C[C@H]4CCN(C4)C3)cc2s1. The molecule has 2 saturated heterocycles. The molecular weight excluding hydrogens is 312 g/mol. The van der Waals surface area contributed by atoms with Crippen LogP contribution < -0.4 is 10.6 Å². The third kappa shape index (κ3) is 2.94. The summed E-state index contributed by atoms with van der Waals surface area (Å²) in [6, 6.07) is 3.87. The zero-order chi connectivity index (χ0) is 15.8. The van der Waals surface area contributed by atoms with E-state index in [1.807, 2.05) is 6.07 Å². The first-order valence-corrected chi connectivity index (χ1v) is 8.66. The van der Waals surface area contributed by atoms with Gasteiger partial charge in [-0.25, -0.2) is 0 Å². The maximum Gasteiger partial charge on any atom is 0.270 e. The van der Waals surface area contributed by atoms with Crippen LogP contribution in [-0.4, -0.2) is 47.9 Å². The molecule has 4 rings (SSSR count). The van der Waals surface area contributed by atoms with Gasteiger partial charge in [-0.2, -0.15) is 0 Å². The van der Waals surface area contributed by atoms with Crippen molar-refractivity contribution < 1.29 is 9.59 Å². The Morgan fingerprint density at radius 2 is 2.30 bits per heavy atom. The molecule has 2 amide bonds. The molecule has 0 spiro atoms. The molecule has 2 aliphatic rings. The molecular formula is C16H18N4O2S. The maximum absolute atomic E-state index is 12.5. The molecule has 23 heavy (non-hydrogen) atoms. The second kappa shape index (κ2) is 5.90. The molecule has 3 atom stereocenters. The fourth-order valence-corrected chi connectivity index (χ4v) is 4.54. The van der Waals surface area contributed by atoms with E-state index in [1.54, 1.807) is 12.3 Å². The molecule has 2 N–H and O–H groups in total. The highest BCUT2D eigenvalue weighted by Gasteiger charge is 2.33. The summed E-state index contributed by atoms with van der Waals surface area (Å²) in [7, 11) is 0. The van der Waals surface area contributed by atoms with E-state index in [9.17, 15) is 9.59 Å². The number of piperidine rings is 1. The van der Waals surface area contributed by atoms with Crippen molar-refractivity contribution in [2.75, 3.05) is 25.0 Å². The highest BCUT2D eigenvalue weighted by atomic mass is 32.1. The van der Waals surface area contributed by atoms with Crippen LogP contribution in [0.5, 0.6) is 0 Å². The van der Waals surface area contributed by atoms with Crippen molar-refractivity contribution in [2.24, 2.45) is 5.92 Å². The highest BCUT2D eigenvalue weighted by Crippen LogP contribution is 2.30. The summed E-state index contributed by atoms with van der Waals surface area (Å²) in [4.78, 5) is 29.7. The van der Waals surface area contributed by atoms with E-state index in [0.717, 1.165) is 40.5 Å². The summed E-state index contributed by atoms with van der Waals surface area (Å²) in [5.41, 5.74) is 0.435. The van der Waals surface area contributed by atoms with Crippen molar-refractivity contribution in [2.45, 2.75) is 18.9 Å². The zero-order valence-electron chi connectivity index (χ0n) is 12.6. The van der Waals surface area contributed by atoms with Gasteiger partial charge < -0.3 is 15.5 Å². The Hall–Kier alpha value is -1.99. The second-order valence-corrected chi connectivity index (χ2v) is 7.38. The molecule has 2 fully saturated rings. The van der Waals surface area contributed by atoms with E-state index < -0.39 is 0 Å². The van der Waals surface area contributed by atoms with Crippen molar-refractivity contribution in [3.8, 4) is 0 Å². The number of nitrogens with zero attached hydrogens (tertiary/aromatic N) is 2. The van der Waals surface area contributed by atoms with Gasteiger partial charge in [0.25, 0.3) is 5.91 Å². The van der Waals surface area contributed by atoms with E-state index in [4.69, 9.17) is 0 Å². The molecule has 2 bridgehead atoms. The second-order valence-electron chi connectivity index (χ2n) is 6.30. The van der Waals surface area contributed by atoms with Gasteiger partial charge in [0, 0.05) is 35.4 Å². The average Bonchev–Trinajstić information content (AvgIpc) is 3.09. The van der Waals surface area contributed by atoms with Crippen LogP contribution in [-0.2, 0) is 4.79 Å². The van der Waals surface area contributed by atoms with Crippen LogP contribution in [0.4, 0.5) is 5.00 Å². The lowest BCUT2D eigenvalue weighted by Gasteiger charge is -2.30. The lowest BCUT2D eigenvalue weighted by molar-refractivity contribution is -0.105. The van der Waals surface area contributed by atoms with Gasteiger partial charge in [-0.15, -0.1) is 11.3 Å². The van der Waals surface area contributed by atoms with Crippen molar-refractivity contribution >= 4 is 38.7 Å². The van der Waals surface area contributed by atoms with Gasteiger partial charge in [0.15, 0.2) is 0 Å². The third-order valence-corrected chi connectivity index (χ3v) is 5.67. The monoisotopic (exact) mass is 330 g/mol. The summed E-state index contributed by atoms with van der Waals surface area (Å²) in [5, 5.41) is 7.44. The average molecular weight is 330 g/mol. The predicted octanol–water partition coefficient (Wildman–Crippen LogP) is 1.69. The first-order chi connectivity index (χ1) is 11.2. The number of thiophene rings is 1. The fourth-order valence-electron chi connectivity index (χ4n) is 3.61. The van der Waals surface area contributed by atoms with Crippen LogP contribution >= 0.6 is 11.3 Å². The van der Waals surface area contributed by atoms with Crippen LogP contribution in [0, 0.1) is 5.92 Å². The van der Waals surface area contributed by atoms with Gasteiger partial charge in [-0.1, -0.05) is 0 Å². The number of aromatic nitrogens is 1. The molecule has 0 radical (unpaired) electrons. The van der Waals surface area contributed by atoms with Gasteiger partial charge >= 0.3 is 0 Å². The summed E-state index contributed by atoms with van der Waals surface area (Å²) in [5.74, 6) is 0.608. The molecule has 0 aliphatic carbocycles. The minimum absolute atomic E-state index is 0.113. The highest BCUT2D eigenvalue weighted by molar-refractivity contribution is 7.22. The van der Waals surface area contributed by atoms with Crippen LogP contribution in [0.25, 0.3) is 10.1 Å². The first-order valence-electron chi connectivity index (χ1n) is 7.84. The number of amides is 2. The van der Waals surface area contributed by atoms with Gasteiger partial charge in [0.05, 0.1) is 5.00 Å². The number of hydrogen-bond acceptors (Lipinski definition) is 5. The molecule has 6 nitrogen and oxygen atoms in total. The predicted molar refractivity (Wildman–Crippen MR) is 89.7 cm³/mol. The van der Waals surface area contributed by atoms with Gasteiger partial charge in [0.1, 0.15) is 5.69 Å². The van der Waals surface area contributed by atoms with Crippen molar-refractivity contribution in [1.29, 1.82) is 0 Å². The van der Waals surface area contributed by atoms with Crippen molar-refractivity contribution in [3.05, 3.63) is 24.0 Å². The van der Waals surface area contributed by atoms with Gasteiger partial charge in [-0.3, -0.25) is 14.6 Å². The topological polar surface area (TPSA) is 74.3 Å².